The lowest BCUT2D eigenvalue weighted by Crippen LogP contribution is -2.59. The maximum absolute atomic E-state index is 12.9. The summed E-state index contributed by atoms with van der Waals surface area (Å²) in [6.45, 7) is 10.7. The zero-order valence-electron chi connectivity index (χ0n) is 16.2. The van der Waals surface area contributed by atoms with E-state index in [9.17, 15) is 9.59 Å². The number of piperazine rings is 1. The molecule has 1 saturated heterocycles. The monoisotopic (exact) mass is 352 g/mol. The Labute approximate surface area is 152 Å². The summed E-state index contributed by atoms with van der Waals surface area (Å²) in [4.78, 5) is 29.1. The lowest BCUT2D eigenvalue weighted by Gasteiger charge is -2.40. The number of amides is 3. The first-order chi connectivity index (χ1) is 12.1. The number of nitrogens with zero attached hydrogens (tertiary/aromatic N) is 2. The van der Waals surface area contributed by atoms with E-state index >= 15 is 0 Å². The third-order valence-corrected chi connectivity index (χ3v) is 5.76. The van der Waals surface area contributed by atoms with E-state index in [0.717, 1.165) is 38.9 Å². The van der Waals surface area contributed by atoms with Crippen LogP contribution in [0.15, 0.2) is 0 Å². The quantitative estimate of drug-likeness (QED) is 0.737. The molecule has 1 aliphatic carbocycles. The molecule has 2 atom stereocenters. The van der Waals surface area contributed by atoms with Gasteiger partial charge in [-0.2, -0.15) is 0 Å². The van der Waals surface area contributed by atoms with Crippen LogP contribution in [0.2, 0.25) is 0 Å². The van der Waals surface area contributed by atoms with Gasteiger partial charge in [0.05, 0.1) is 6.04 Å². The summed E-state index contributed by atoms with van der Waals surface area (Å²) in [6, 6.07) is -0.0104. The molecule has 2 unspecified atom stereocenters. The van der Waals surface area contributed by atoms with Crippen LogP contribution in [0.1, 0.15) is 52.9 Å². The van der Waals surface area contributed by atoms with Gasteiger partial charge in [-0.25, -0.2) is 4.79 Å². The van der Waals surface area contributed by atoms with Gasteiger partial charge in [0.15, 0.2) is 0 Å². The Morgan fingerprint density at radius 2 is 1.68 bits per heavy atom. The van der Waals surface area contributed by atoms with Crippen molar-refractivity contribution in [3.8, 4) is 0 Å². The molecule has 0 radical (unpaired) electrons. The lowest BCUT2D eigenvalue weighted by molar-refractivity contribution is -0.129. The van der Waals surface area contributed by atoms with Gasteiger partial charge in [-0.3, -0.25) is 9.69 Å². The topological polar surface area (TPSA) is 64.7 Å². The van der Waals surface area contributed by atoms with Crippen molar-refractivity contribution in [2.45, 2.75) is 58.9 Å². The molecule has 0 bridgehead atoms. The molecule has 0 aromatic carbocycles. The van der Waals surface area contributed by atoms with Crippen LogP contribution >= 0.6 is 0 Å². The minimum atomic E-state index is -0.0251. The number of carbonyl (C=O) groups is 2. The van der Waals surface area contributed by atoms with Gasteiger partial charge in [0.1, 0.15) is 0 Å². The Hall–Kier alpha value is -1.30. The molecule has 1 saturated carbocycles. The highest BCUT2D eigenvalue weighted by Crippen LogP contribution is 2.31. The summed E-state index contributed by atoms with van der Waals surface area (Å²) in [5.74, 6) is 1.18. The predicted molar refractivity (Wildman–Crippen MR) is 100 cm³/mol. The van der Waals surface area contributed by atoms with Gasteiger partial charge in [-0.1, -0.05) is 33.1 Å². The van der Waals surface area contributed by atoms with Crippen molar-refractivity contribution < 1.29 is 9.59 Å². The fourth-order valence-corrected chi connectivity index (χ4v) is 3.94. The Bertz CT molecular complexity index is 429. The minimum Gasteiger partial charge on any atom is -0.354 e. The van der Waals surface area contributed by atoms with E-state index in [4.69, 9.17) is 0 Å². The third kappa shape index (κ3) is 5.59. The maximum atomic E-state index is 12.9. The third-order valence-electron chi connectivity index (χ3n) is 5.76. The largest absolute Gasteiger partial charge is 0.354 e. The van der Waals surface area contributed by atoms with E-state index in [1.165, 1.54) is 12.8 Å². The highest BCUT2D eigenvalue weighted by Gasteiger charge is 2.37. The summed E-state index contributed by atoms with van der Waals surface area (Å²) < 4.78 is 0. The predicted octanol–water partition coefficient (Wildman–Crippen LogP) is 2.05. The highest BCUT2D eigenvalue weighted by molar-refractivity contribution is 5.82. The van der Waals surface area contributed by atoms with Gasteiger partial charge in [0, 0.05) is 39.3 Å². The second-order valence-corrected chi connectivity index (χ2v) is 7.61. The molecular weight excluding hydrogens is 316 g/mol. The van der Waals surface area contributed by atoms with E-state index in [2.05, 4.69) is 29.4 Å². The van der Waals surface area contributed by atoms with Crippen LogP contribution in [0.25, 0.3) is 0 Å². The van der Waals surface area contributed by atoms with Crippen LogP contribution in [0.4, 0.5) is 4.79 Å². The molecule has 1 heterocycles. The van der Waals surface area contributed by atoms with Crippen LogP contribution < -0.4 is 10.6 Å². The molecule has 6 nitrogen and oxygen atoms in total. The summed E-state index contributed by atoms with van der Waals surface area (Å²) in [6.07, 6.45) is 5.85. The molecule has 3 amide bonds. The van der Waals surface area contributed by atoms with E-state index in [0.29, 0.717) is 31.5 Å². The lowest BCUT2D eigenvalue weighted by atomic mass is 9.94. The number of rotatable bonds is 7. The van der Waals surface area contributed by atoms with Gasteiger partial charge < -0.3 is 15.5 Å². The van der Waals surface area contributed by atoms with Crippen molar-refractivity contribution in [2.75, 3.05) is 39.3 Å². The average molecular weight is 353 g/mol. The molecule has 2 rings (SSSR count). The molecule has 2 fully saturated rings. The van der Waals surface area contributed by atoms with Gasteiger partial charge in [0.2, 0.25) is 5.91 Å². The van der Waals surface area contributed by atoms with E-state index < -0.39 is 0 Å². The van der Waals surface area contributed by atoms with Crippen LogP contribution in [0.3, 0.4) is 0 Å². The Balaban J connectivity index is 1.94. The number of hydrogen-bond donors (Lipinski definition) is 2. The molecule has 144 valence electrons. The Morgan fingerprint density at radius 1 is 1.04 bits per heavy atom. The molecule has 0 aromatic rings. The maximum Gasteiger partial charge on any atom is 0.317 e. The molecule has 2 N–H and O–H groups in total. The smallest absolute Gasteiger partial charge is 0.317 e. The Morgan fingerprint density at radius 3 is 2.24 bits per heavy atom. The first-order valence-corrected chi connectivity index (χ1v) is 10.1. The molecular formula is C19H36N4O2. The van der Waals surface area contributed by atoms with Crippen molar-refractivity contribution in [3.63, 3.8) is 0 Å². The number of urea groups is 1. The molecule has 25 heavy (non-hydrogen) atoms. The average Bonchev–Trinajstić information content (AvgIpc) is 3.14. The van der Waals surface area contributed by atoms with Gasteiger partial charge in [0.25, 0.3) is 0 Å². The standard InChI is InChI=1S/C19H36N4O2/c1-4-15(3)14-21-18(24)17(16-8-6-7-9-16)22-10-12-23(13-11-22)19(25)20-5-2/h15-17H,4-14H2,1-3H3,(H,20,25)(H,21,24). The number of nitrogens with one attached hydrogen (secondary N) is 2. The van der Waals surface area contributed by atoms with E-state index in [1.807, 2.05) is 11.8 Å². The molecule has 0 spiro atoms. The van der Waals surface area contributed by atoms with Crippen LogP contribution in [-0.4, -0.2) is 67.0 Å². The summed E-state index contributed by atoms with van der Waals surface area (Å²) in [7, 11) is 0. The van der Waals surface area contributed by atoms with Crippen LogP contribution in [-0.2, 0) is 4.79 Å². The fraction of sp³-hybridized carbons (Fsp3) is 0.895. The van der Waals surface area contributed by atoms with Crippen molar-refractivity contribution in [3.05, 3.63) is 0 Å². The molecule has 1 aliphatic heterocycles. The number of carbonyl (C=O) groups excluding carboxylic acids is 2. The minimum absolute atomic E-state index is 0.0146. The van der Waals surface area contributed by atoms with Crippen LogP contribution in [0, 0.1) is 11.8 Å². The first kappa shape index (κ1) is 20.0. The van der Waals surface area contributed by atoms with Gasteiger partial charge >= 0.3 is 6.03 Å². The normalized spacial score (nSPS) is 21.8. The van der Waals surface area contributed by atoms with Crippen molar-refractivity contribution in [1.29, 1.82) is 0 Å². The zero-order chi connectivity index (χ0) is 18.2. The summed E-state index contributed by atoms with van der Waals surface area (Å²) >= 11 is 0. The van der Waals surface area contributed by atoms with Crippen molar-refractivity contribution in [1.82, 2.24) is 20.4 Å². The molecule has 6 heteroatoms. The second-order valence-electron chi connectivity index (χ2n) is 7.61. The van der Waals surface area contributed by atoms with E-state index in [1.54, 1.807) is 0 Å². The Kier molecular flexibility index (Phi) is 8.00. The summed E-state index contributed by atoms with van der Waals surface area (Å²) in [5.41, 5.74) is 0. The van der Waals surface area contributed by atoms with E-state index in [-0.39, 0.29) is 18.0 Å². The zero-order valence-corrected chi connectivity index (χ0v) is 16.2. The van der Waals surface area contributed by atoms with Crippen molar-refractivity contribution >= 4 is 11.9 Å². The van der Waals surface area contributed by atoms with Gasteiger partial charge in [-0.05, 0) is 31.6 Å². The molecule has 2 aliphatic rings. The van der Waals surface area contributed by atoms with Gasteiger partial charge in [-0.15, -0.1) is 0 Å². The fourth-order valence-electron chi connectivity index (χ4n) is 3.94. The second kappa shape index (κ2) is 10.00. The number of hydrogen-bond acceptors (Lipinski definition) is 3. The highest BCUT2D eigenvalue weighted by atomic mass is 16.2. The first-order valence-electron chi connectivity index (χ1n) is 10.1. The molecule has 0 aromatic heterocycles. The van der Waals surface area contributed by atoms with Crippen molar-refractivity contribution in [2.24, 2.45) is 11.8 Å². The van der Waals surface area contributed by atoms with Crippen LogP contribution in [0.5, 0.6) is 0 Å². The summed E-state index contributed by atoms with van der Waals surface area (Å²) in [5, 5.41) is 6.05. The SMILES string of the molecule is CCNC(=O)N1CCN(C(C(=O)NCC(C)CC)C2CCCC2)CC1.